The number of aliphatic hydroxyl groups is 1. The van der Waals surface area contributed by atoms with Crippen LogP contribution in [-0.2, 0) is 4.79 Å². The molecule has 3 heteroatoms. The first-order chi connectivity index (χ1) is 10.8. The van der Waals surface area contributed by atoms with E-state index in [1.807, 2.05) is 6.08 Å². The molecule has 6 atom stereocenters. The van der Waals surface area contributed by atoms with E-state index in [9.17, 15) is 15.2 Å². The molecule has 23 heavy (non-hydrogen) atoms. The number of rotatable bonds is 0. The molecule has 0 aromatic rings. The molecule has 0 spiro atoms. The largest absolute Gasteiger partial charge is 0.375 e. The molecule has 4 aliphatic carbocycles. The van der Waals surface area contributed by atoms with E-state index >= 15 is 0 Å². The van der Waals surface area contributed by atoms with Crippen molar-refractivity contribution in [2.45, 2.75) is 70.8 Å². The molecule has 3 saturated carbocycles. The molecule has 0 aromatic heterocycles. The topological polar surface area (TPSA) is 61.1 Å². The zero-order valence-electron chi connectivity index (χ0n) is 14.3. The molecule has 124 valence electrons. The highest BCUT2D eigenvalue weighted by Crippen LogP contribution is 2.67. The molecule has 3 fully saturated rings. The first-order valence-corrected chi connectivity index (χ1v) is 9.22. The molecule has 0 saturated heterocycles. The highest BCUT2D eigenvalue weighted by molar-refractivity contribution is 5.91. The zero-order valence-corrected chi connectivity index (χ0v) is 14.3. The van der Waals surface area contributed by atoms with Crippen LogP contribution in [-0.4, -0.2) is 16.5 Å². The summed E-state index contributed by atoms with van der Waals surface area (Å²) in [4.78, 5) is 11.8. The average molecular weight is 313 g/mol. The first kappa shape index (κ1) is 15.4. The minimum Gasteiger partial charge on any atom is -0.375 e. The Balaban J connectivity index is 1.70. The first-order valence-electron chi connectivity index (χ1n) is 9.22. The Labute approximate surface area is 138 Å². The average Bonchev–Trinajstić information content (AvgIpc) is 2.80. The zero-order chi connectivity index (χ0) is 16.5. The Morgan fingerprint density at radius 2 is 1.87 bits per heavy atom. The fourth-order valence-corrected chi connectivity index (χ4v) is 6.76. The Kier molecular flexibility index (Phi) is 3.14. The van der Waals surface area contributed by atoms with Crippen molar-refractivity contribution in [3.05, 3.63) is 11.6 Å². The quantitative estimate of drug-likeness (QED) is 0.692. The van der Waals surface area contributed by atoms with Gasteiger partial charge in [-0.25, -0.2) is 0 Å². The van der Waals surface area contributed by atoms with Crippen molar-refractivity contribution in [3.8, 4) is 6.07 Å². The van der Waals surface area contributed by atoms with Gasteiger partial charge < -0.3 is 5.11 Å². The predicted molar refractivity (Wildman–Crippen MR) is 87.3 cm³/mol. The van der Waals surface area contributed by atoms with E-state index in [0.29, 0.717) is 36.4 Å². The Morgan fingerprint density at radius 1 is 1.13 bits per heavy atom. The van der Waals surface area contributed by atoms with Crippen LogP contribution >= 0.6 is 0 Å². The molecule has 0 amide bonds. The Bertz CT molecular complexity index is 632. The fourth-order valence-electron chi connectivity index (χ4n) is 6.76. The highest BCUT2D eigenvalue weighted by Gasteiger charge is 2.64. The van der Waals surface area contributed by atoms with Gasteiger partial charge in [-0.15, -0.1) is 0 Å². The van der Waals surface area contributed by atoms with Crippen LogP contribution in [0, 0.1) is 39.9 Å². The van der Waals surface area contributed by atoms with Gasteiger partial charge in [0.25, 0.3) is 0 Å². The van der Waals surface area contributed by atoms with Gasteiger partial charge in [-0.05, 0) is 74.2 Å². The van der Waals surface area contributed by atoms with Gasteiger partial charge in [-0.1, -0.05) is 19.4 Å². The summed E-state index contributed by atoms with van der Waals surface area (Å²) in [5.74, 6) is 1.99. The van der Waals surface area contributed by atoms with Crippen molar-refractivity contribution in [1.29, 1.82) is 5.26 Å². The molecule has 0 heterocycles. The summed E-state index contributed by atoms with van der Waals surface area (Å²) in [6.45, 7) is 4.53. The normalized spacial score (nSPS) is 52.0. The third kappa shape index (κ3) is 1.82. The van der Waals surface area contributed by atoms with Crippen molar-refractivity contribution in [2.75, 3.05) is 0 Å². The summed E-state index contributed by atoms with van der Waals surface area (Å²) in [5, 5.41) is 20.4. The second-order valence-electron chi connectivity index (χ2n) is 8.94. The maximum atomic E-state index is 11.8. The number of allylic oxidation sites excluding steroid dienone is 1. The summed E-state index contributed by atoms with van der Waals surface area (Å²) in [6.07, 6.45) is 9.42. The lowest BCUT2D eigenvalue weighted by molar-refractivity contribution is -0.119. The van der Waals surface area contributed by atoms with Crippen LogP contribution < -0.4 is 0 Å². The van der Waals surface area contributed by atoms with Crippen LogP contribution in [0.5, 0.6) is 0 Å². The molecule has 0 radical (unpaired) electrons. The summed E-state index contributed by atoms with van der Waals surface area (Å²) >= 11 is 0. The molecular formula is C20H27NO2. The molecular weight excluding hydrogens is 286 g/mol. The van der Waals surface area contributed by atoms with Gasteiger partial charge >= 0.3 is 0 Å². The monoisotopic (exact) mass is 313 g/mol. The summed E-state index contributed by atoms with van der Waals surface area (Å²) in [7, 11) is 0. The van der Waals surface area contributed by atoms with Gasteiger partial charge in [-0.2, -0.15) is 5.26 Å². The summed E-state index contributed by atoms with van der Waals surface area (Å²) in [6, 6.07) is 2.25. The number of hydrogen-bond donors (Lipinski definition) is 1. The van der Waals surface area contributed by atoms with E-state index < -0.39 is 5.60 Å². The summed E-state index contributed by atoms with van der Waals surface area (Å²) in [5.41, 5.74) is 0.172. The van der Waals surface area contributed by atoms with Gasteiger partial charge in [0, 0.05) is 11.8 Å². The van der Waals surface area contributed by atoms with Gasteiger partial charge in [0.1, 0.15) is 0 Å². The van der Waals surface area contributed by atoms with Crippen molar-refractivity contribution in [3.63, 3.8) is 0 Å². The van der Waals surface area contributed by atoms with Gasteiger partial charge in [-0.3, -0.25) is 4.79 Å². The number of fused-ring (bicyclic) bond motifs is 5. The maximum Gasteiger partial charge on any atom is 0.156 e. The smallest absolute Gasteiger partial charge is 0.156 e. The number of nitrogens with zero attached hydrogens (tertiary/aromatic N) is 1. The van der Waals surface area contributed by atoms with Crippen molar-refractivity contribution in [2.24, 2.45) is 28.6 Å². The lowest BCUT2D eigenvalue weighted by atomic mass is 9.46. The second kappa shape index (κ2) is 4.70. The number of carbonyl (C=O) groups excluding carboxylic acids is 1. The molecule has 4 rings (SSSR count). The van der Waals surface area contributed by atoms with Crippen LogP contribution in [0.1, 0.15) is 65.2 Å². The molecule has 0 aromatic carbocycles. The third-order valence-electron chi connectivity index (χ3n) is 8.30. The minimum atomic E-state index is -1.14. The van der Waals surface area contributed by atoms with Gasteiger partial charge in [0.2, 0.25) is 0 Å². The standard InChI is InChI=1S/C20H27NO2/c1-18-8-5-14(22)11-13(18)3-4-15-16(18)6-9-19(2)17(15)7-10-20(19,23)12-21/h11,15-17,23H,3-10H2,1-2H3/t15-,16+,17-,18+,19+,20+/m1/s1. The maximum absolute atomic E-state index is 11.8. The minimum absolute atomic E-state index is 0.172. The predicted octanol–water partition coefficient (Wildman–Crippen LogP) is 3.77. The van der Waals surface area contributed by atoms with E-state index in [4.69, 9.17) is 0 Å². The fraction of sp³-hybridized carbons (Fsp3) is 0.800. The molecule has 3 nitrogen and oxygen atoms in total. The Morgan fingerprint density at radius 3 is 2.61 bits per heavy atom. The van der Waals surface area contributed by atoms with Crippen LogP contribution in [0.15, 0.2) is 11.6 Å². The second-order valence-corrected chi connectivity index (χ2v) is 8.94. The SMILES string of the molecule is C[C@]12CCC(=O)C=C1CC[C@H]1[C@H]3CC[C@](O)(C#N)[C@@]3(C)CC[C@@H]12. The van der Waals surface area contributed by atoms with Crippen LogP contribution in [0.3, 0.4) is 0 Å². The van der Waals surface area contributed by atoms with E-state index in [1.54, 1.807) is 0 Å². The van der Waals surface area contributed by atoms with Crippen LogP contribution in [0.2, 0.25) is 0 Å². The lowest BCUT2D eigenvalue weighted by Gasteiger charge is -2.58. The molecule has 0 unspecified atom stereocenters. The van der Waals surface area contributed by atoms with E-state index in [-0.39, 0.29) is 10.8 Å². The van der Waals surface area contributed by atoms with E-state index in [1.165, 1.54) is 5.57 Å². The number of nitriles is 1. The van der Waals surface area contributed by atoms with Gasteiger partial charge in [0.15, 0.2) is 11.4 Å². The number of carbonyl (C=O) groups is 1. The van der Waals surface area contributed by atoms with Crippen LogP contribution in [0.25, 0.3) is 0 Å². The van der Waals surface area contributed by atoms with Crippen LogP contribution in [0.4, 0.5) is 0 Å². The van der Waals surface area contributed by atoms with Gasteiger partial charge in [0.05, 0.1) is 6.07 Å². The molecule has 4 aliphatic rings. The number of ketones is 1. The molecule has 0 bridgehead atoms. The lowest BCUT2D eigenvalue weighted by Crippen LogP contribution is -2.54. The van der Waals surface area contributed by atoms with Crippen molar-refractivity contribution < 1.29 is 9.90 Å². The Hall–Kier alpha value is -1.14. The van der Waals surface area contributed by atoms with Crippen molar-refractivity contribution >= 4 is 5.78 Å². The molecule has 0 aliphatic heterocycles. The molecule has 1 N–H and O–H groups in total. The number of hydrogen-bond acceptors (Lipinski definition) is 3. The van der Waals surface area contributed by atoms with E-state index in [2.05, 4.69) is 19.9 Å². The van der Waals surface area contributed by atoms with Crippen molar-refractivity contribution in [1.82, 2.24) is 0 Å². The highest BCUT2D eigenvalue weighted by atomic mass is 16.3. The third-order valence-corrected chi connectivity index (χ3v) is 8.30. The summed E-state index contributed by atoms with van der Waals surface area (Å²) < 4.78 is 0. The van der Waals surface area contributed by atoms with E-state index in [0.717, 1.165) is 38.5 Å².